The molecule has 0 fully saturated rings. The number of anilines is 1. The molecule has 2 N–H and O–H groups in total. The van der Waals surface area contributed by atoms with Crippen molar-refractivity contribution in [2.75, 3.05) is 19.0 Å². The molecule has 3 aromatic carbocycles. The number of rotatable bonds is 8. The quantitative estimate of drug-likeness (QED) is 0.574. The van der Waals surface area contributed by atoms with Gasteiger partial charge in [0, 0.05) is 17.8 Å². The number of sulfonamides is 1. The Balaban J connectivity index is 1.78. The normalized spacial score (nSPS) is 11.1. The summed E-state index contributed by atoms with van der Waals surface area (Å²) in [5.74, 6) is -0.943. The van der Waals surface area contributed by atoms with E-state index in [9.17, 15) is 17.6 Å². The van der Waals surface area contributed by atoms with E-state index >= 15 is 0 Å². The Morgan fingerprint density at radius 3 is 2.47 bits per heavy atom. The zero-order chi connectivity index (χ0) is 21.6. The lowest BCUT2D eigenvalue weighted by molar-refractivity contribution is 0.102. The fraction of sp³-hybridized carbons (Fsp3) is 0.136. The first-order valence-corrected chi connectivity index (χ1v) is 10.7. The fourth-order valence-electron chi connectivity index (χ4n) is 2.85. The van der Waals surface area contributed by atoms with Crippen LogP contribution in [0, 0.1) is 5.82 Å². The van der Waals surface area contributed by atoms with Crippen LogP contribution in [0.1, 0.15) is 15.9 Å². The predicted octanol–water partition coefficient (Wildman–Crippen LogP) is 3.61. The number of methoxy groups -OCH3 is 1. The van der Waals surface area contributed by atoms with E-state index in [1.54, 1.807) is 0 Å². The third-order valence-electron chi connectivity index (χ3n) is 4.35. The van der Waals surface area contributed by atoms with Gasteiger partial charge in [-0.1, -0.05) is 36.4 Å². The van der Waals surface area contributed by atoms with Gasteiger partial charge in [0.05, 0.1) is 7.11 Å². The molecule has 1 amide bonds. The minimum absolute atomic E-state index is 0.100. The molecule has 0 heterocycles. The van der Waals surface area contributed by atoms with Crippen molar-refractivity contribution in [3.8, 4) is 5.75 Å². The molecular formula is C22H21FN2O4S. The Labute approximate surface area is 174 Å². The maximum absolute atomic E-state index is 13.3. The van der Waals surface area contributed by atoms with Crippen LogP contribution in [0.25, 0.3) is 0 Å². The van der Waals surface area contributed by atoms with Crippen molar-refractivity contribution in [3.05, 3.63) is 89.7 Å². The molecule has 156 valence electrons. The van der Waals surface area contributed by atoms with Crippen LogP contribution in [0.4, 0.5) is 10.1 Å². The van der Waals surface area contributed by atoms with Gasteiger partial charge in [0.2, 0.25) is 10.0 Å². The molecule has 3 rings (SSSR count). The van der Waals surface area contributed by atoms with Crippen molar-refractivity contribution in [1.82, 2.24) is 4.72 Å². The number of ether oxygens (including phenoxy) is 1. The Morgan fingerprint density at radius 1 is 1.00 bits per heavy atom. The van der Waals surface area contributed by atoms with Gasteiger partial charge in [0.1, 0.15) is 16.5 Å². The summed E-state index contributed by atoms with van der Waals surface area (Å²) in [6.45, 7) is 0.190. The van der Waals surface area contributed by atoms with Gasteiger partial charge < -0.3 is 10.1 Å². The number of benzene rings is 3. The van der Waals surface area contributed by atoms with Gasteiger partial charge in [-0.25, -0.2) is 17.5 Å². The highest BCUT2D eigenvalue weighted by Gasteiger charge is 2.21. The Hall–Kier alpha value is -3.23. The van der Waals surface area contributed by atoms with Crippen LogP contribution in [-0.2, 0) is 16.4 Å². The molecule has 0 aliphatic rings. The lowest BCUT2D eigenvalue weighted by Crippen LogP contribution is -2.27. The summed E-state index contributed by atoms with van der Waals surface area (Å²) >= 11 is 0. The molecule has 3 aromatic rings. The van der Waals surface area contributed by atoms with Gasteiger partial charge in [0.25, 0.3) is 5.91 Å². The average Bonchev–Trinajstić information content (AvgIpc) is 2.74. The first-order valence-electron chi connectivity index (χ1n) is 9.17. The lowest BCUT2D eigenvalue weighted by atomic mass is 10.2. The van der Waals surface area contributed by atoms with Crippen molar-refractivity contribution >= 4 is 21.6 Å². The smallest absolute Gasteiger partial charge is 0.255 e. The molecule has 30 heavy (non-hydrogen) atoms. The van der Waals surface area contributed by atoms with E-state index in [0.29, 0.717) is 6.42 Å². The largest absolute Gasteiger partial charge is 0.495 e. The van der Waals surface area contributed by atoms with Crippen LogP contribution in [0.15, 0.2) is 77.7 Å². The molecule has 0 saturated heterocycles. The third kappa shape index (κ3) is 5.43. The van der Waals surface area contributed by atoms with Crippen LogP contribution in [0.3, 0.4) is 0 Å². The molecule has 6 nitrogen and oxygen atoms in total. The number of nitrogens with one attached hydrogen (secondary N) is 2. The van der Waals surface area contributed by atoms with Gasteiger partial charge in [-0.05, 0) is 48.4 Å². The highest BCUT2D eigenvalue weighted by atomic mass is 32.2. The van der Waals surface area contributed by atoms with Crippen LogP contribution in [0.5, 0.6) is 5.75 Å². The summed E-state index contributed by atoms with van der Waals surface area (Å²) in [7, 11) is -2.57. The zero-order valence-electron chi connectivity index (χ0n) is 16.3. The highest BCUT2D eigenvalue weighted by molar-refractivity contribution is 7.89. The standard InChI is InChI=1S/C22H21FN2O4S/c1-29-20-11-10-17(22(26)25-19-9-5-8-18(23)15-19)14-21(20)30(27,28)24-13-12-16-6-3-2-4-7-16/h2-11,14-15,24H,12-13H2,1H3,(H,25,26). The number of halogens is 1. The summed E-state index contributed by atoms with van der Waals surface area (Å²) in [4.78, 5) is 12.4. The summed E-state index contributed by atoms with van der Waals surface area (Å²) in [6, 6.07) is 19.0. The van der Waals surface area contributed by atoms with E-state index in [0.717, 1.165) is 5.56 Å². The lowest BCUT2D eigenvalue weighted by Gasteiger charge is -2.13. The van der Waals surface area contributed by atoms with E-state index < -0.39 is 21.7 Å². The van der Waals surface area contributed by atoms with Crippen LogP contribution >= 0.6 is 0 Å². The second kappa shape index (κ2) is 9.51. The van der Waals surface area contributed by atoms with Gasteiger partial charge in [-0.15, -0.1) is 0 Å². The second-order valence-corrected chi connectivity index (χ2v) is 8.20. The first kappa shape index (κ1) is 21.5. The summed E-state index contributed by atoms with van der Waals surface area (Å²) in [5.41, 5.74) is 1.36. The van der Waals surface area contributed by atoms with E-state index in [-0.39, 0.29) is 28.4 Å². The van der Waals surface area contributed by atoms with Crippen molar-refractivity contribution in [3.63, 3.8) is 0 Å². The molecule has 8 heteroatoms. The van der Waals surface area contributed by atoms with Gasteiger partial charge in [0.15, 0.2) is 0 Å². The molecular weight excluding hydrogens is 407 g/mol. The fourth-order valence-corrected chi connectivity index (χ4v) is 4.07. The molecule has 0 atom stereocenters. The van der Waals surface area contributed by atoms with Crippen molar-refractivity contribution in [2.24, 2.45) is 0 Å². The van der Waals surface area contributed by atoms with Crippen molar-refractivity contribution in [1.29, 1.82) is 0 Å². The summed E-state index contributed by atoms with van der Waals surface area (Å²) < 4.78 is 46.6. The first-order chi connectivity index (χ1) is 14.4. The third-order valence-corrected chi connectivity index (χ3v) is 5.83. The minimum atomic E-state index is -3.92. The Bertz CT molecular complexity index is 1130. The van der Waals surface area contributed by atoms with Gasteiger partial charge in [-0.3, -0.25) is 4.79 Å². The number of amides is 1. The number of carbonyl (C=O) groups excluding carboxylic acids is 1. The van der Waals surface area contributed by atoms with Gasteiger partial charge >= 0.3 is 0 Å². The van der Waals surface area contributed by atoms with Crippen LogP contribution in [-0.4, -0.2) is 28.0 Å². The van der Waals surface area contributed by atoms with E-state index in [4.69, 9.17) is 4.74 Å². The molecule has 0 aromatic heterocycles. The maximum Gasteiger partial charge on any atom is 0.255 e. The predicted molar refractivity (Wildman–Crippen MR) is 113 cm³/mol. The molecule has 0 bridgehead atoms. The summed E-state index contributed by atoms with van der Waals surface area (Å²) in [5, 5.41) is 2.54. The number of hydrogen-bond donors (Lipinski definition) is 2. The van der Waals surface area contributed by atoms with E-state index in [1.807, 2.05) is 30.3 Å². The average molecular weight is 428 g/mol. The molecule has 0 unspecified atom stereocenters. The molecule has 0 aliphatic heterocycles. The summed E-state index contributed by atoms with van der Waals surface area (Å²) in [6.07, 6.45) is 0.516. The van der Waals surface area contributed by atoms with Crippen molar-refractivity contribution < 1.29 is 22.3 Å². The second-order valence-electron chi connectivity index (χ2n) is 6.46. The van der Waals surface area contributed by atoms with E-state index in [2.05, 4.69) is 10.0 Å². The van der Waals surface area contributed by atoms with E-state index in [1.165, 1.54) is 49.6 Å². The monoisotopic (exact) mass is 428 g/mol. The SMILES string of the molecule is COc1ccc(C(=O)Nc2cccc(F)c2)cc1S(=O)(=O)NCCc1ccccc1. The maximum atomic E-state index is 13.3. The van der Waals surface area contributed by atoms with Crippen molar-refractivity contribution in [2.45, 2.75) is 11.3 Å². The molecule has 0 radical (unpaired) electrons. The zero-order valence-corrected chi connectivity index (χ0v) is 17.1. The topological polar surface area (TPSA) is 84.5 Å². The van der Waals surface area contributed by atoms with Crippen LogP contribution in [0.2, 0.25) is 0 Å². The highest BCUT2D eigenvalue weighted by Crippen LogP contribution is 2.25. The van der Waals surface area contributed by atoms with Gasteiger partial charge in [-0.2, -0.15) is 0 Å². The molecule has 0 spiro atoms. The number of carbonyl (C=O) groups is 1. The van der Waals surface area contributed by atoms with Crippen LogP contribution < -0.4 is 14.8 Å². The molecule has 0 saturated carbocycles. The Morgan fingerprint density at radius 2 is 1.77 bits per heavy atom. The Kier molecular flexibility index (Phi) is 6.81. The molecule has 0 aliphatic carbocycles. The number of hydrogen-bond acceptors (Lipinski definition) is 4. The minimum Gasteiger partial charge on any atom is -0.495 e.